The van der Waals surface area contributed by atoms with Crippen LogP contribution < -0.4 is 0 Å². The molecule has 7 heteroatoms. The molecular weight excluding hydrogens is 224 g/mol. The highest BCUT2D eigenvalue weighted by Crippen LogP contribution is 2.32. The molecule has 84 valence electrons. The van der Waals surface area contributed by atoms with E-state index < -0.39 is 0 Å². The summed E-state index contributed by atoms with van der Waals surface area (Å²) in [6.07, 6.45) is 2.90. The first-order valence-corrected chi connectivity index (χ1v) is 4.73. The third-order valence-corrected chi connectivity index (χ3v) is 2.27. The van der Waals surface area contributed by atoms with Gasteiger partial charge in [-0.3, -0.25) is 0 Å². The average molecular weight is 230 g/mol. The number of aromatic hydroxyl groups is 1. The molecule has 0 aliphatic rings. The first-order chi connectivity index (χ1) is 8.34. The van der Waals surface area contributed by atoms with Gasteiger partial charge in [0.2, 0.25) is 0 Å². The van der Waals surface area contributed by atoms with E-state index in [4.69, 9.17) is 9.05 Å². The molecule has 0 amide bonds. The lowest BCUT2D eigenvalue weighted by Crippen LogP contribution is -1.80. The van der Waals surface area contributed by atoms with E-state index in [1.54, 1.807) is 12.1 Å². The van der Waals surface area contributed by atoms with Crippen molar-refractivity contribution in [3.8, 4) is 28.4 Å². The first kappa shape index (κ1) is 9.52. The van der Waals surface area contributed by atoms with Crippen LogP contribution in [-0.4, -0.2) is 25.8 Å². The van der Waals surface area contributed by atoms with E-state index in [1.165, 1.54) is 18.5 Å². The molecule has 3 rings (SSSR count). The van der Waals surface area contributed by atoms with Gasteiger partial charge < -0.3 is 14.2 Å². The van der Waals surface area contributed by atoms with Crippen LogP contribution in [0.5, 0.6) is 5.75 Å². The SMILES string of the molecule is Oc1ccc(-c2cnno2)cc1-c1cnno1. The van der Waals surface area contributed by atoms with E-state index in [9.17, 15) is 5.11 Å². The number of nitrogens with zero attached hydrogens (tertiary/aromatic N) is 4. The Morgan fingerprint density at radius 3 is 2.29 bits per heavy atom. The van der Waals surface area contributed by atoms with Gasteiger partial charge >= 0.3 is 0 Å². The molecule has 0 atom stereocenters. The second kappa shape index (κ2) is 3.71. The third-order valence-electron chi connectivity index (χ3n) is 2.27. The summed E-state index contributed by atoms with van der Waals surface area (Å²) in [5.41, 5.74) is 1.20. The zero-order valence-electron chi connectivity index (χ0n) is 8.44. The molecule has 0 fully saturated rings. The predicted molar refractivity (Wildman–Crippen MR) is 54.7 cm³/mol. The van der Waals surface area contributed by atoms with Crippen LogP contribution in [-0.2, 0) is 0 Å². The number of hydrogen-bond donors (Lipinski definition) is 1. The van der Waals surface area contributed by atoms with Crippen molar-refractivity contribution in [1.82, 2.24) is 20.7 Å². The van der Waals surface area contributed by atoms with Gasteiger partial charge in [0.15, 0.2) is 11.5 Å². The van der Waals surface area contributed by atoms with Crippen molar-refractivity contribution in [2.24, 2.45) is 0 Å². The molecule has 3 aromatic rings. The lowest BCUT2D eigenvalue weighted by Gasteiger charge is -2.01. The van der Waals surface area contributed by atoms with Crippen LogP contribution in [0.25, 0.3) is 22.6 Å². The molecule has 1 aromatic carbocycles. The molecule has 0 unspecified atom stereocenters. The Balaban J connectivity index is 2.13. The summed E-state index contributed by atoms with van der Waals surface area (Å²) in [4.78, 5) is 0. The van der Waals surface area contributed by atoms with Crippen LogP contribution >= 0.6 is 0 Å². The van der Waals surface area contributed by atoms with Crippen LogP contribution in [0.4, 0.5) is 0 Å². The highest BCUT2D eigenvalue weighted by atomic mass is 16.5. The van der Waals surface area contributed by atoms with Gasteiger partial charge in [-0.2, -0.15) is 0 Å². The van der Waals surface area contributed by atoms with Crippen LogP contribution in [0.3, 0.4) is 0 Å². The minimum absolute atomic E-state index is 0.0692. The fourth-order valence-electron chi connectivity index (χ4n) is 1.47. The minimum atomic E-state index is 0.0692. The smallest absolute Gasteiger partial charge is 0.191 e. The van der Waals surface area contributed by atoms with E-state index >= 15 is 0 Å². The Morgan fingerprint density at radius 2 is 1.65 bits per heavy atom. The zero-order valence-corrected chi connectivity index (χ0v) is 8.44. The van der Waals surface area contributed by atoms with Gasteiger partial charge in [0.1, 0.15) is 5.75 Å². The van der Waals surface area contributed by atoms with Crippen LogP contribution in [0.2, 0.25) is 0 Å². The molecule has 0 saturated carbocycles. The molecule has 1 N–H and O–H groups in total. The van der Waals surface area contributed by atoms with Crippen molar-refractivity contribution in [1.29, 1.82) is 0 Å². The maximum Gasteiger partial charge on any atom is 0.191 e. The largest absolute Gasteiger partial charge is 0.507 e. The molecule has 0 bridgehead atoms. The van der Waals surface area contributed by atoms with Crippen molar-refractivity contribution >= 4 is 0 Å². The Hall–Kier alpha value is -2.70. The topological polar surface area (TPSA) is 98.1 Å². The van der Waals surface area contributed by atoms with Gasteiger partial charge in [0, 0.05) is 16.1 Å². The summed E-state index contributed by atoms with van der Waals surface area (Å²) in [7, 11) is 0. The van der Waals surface area contributed by atoms with Gasteiger partial charge in [-0.05, 0) is 18.2 Å². The van der Waals surface area contributed by atoms with Gasteiger partial charge in [-0.25, -0.2) is 0 Å². The van der Waals surface area contributed by atoms with Crippen molar-refractivity contribution in [3.05, 3.63) is 30.6 Å². The maximum atomic E-state index is 9.73. The second-order valence-corrected chi connectivity index (χ2v) is 3.30. The predicted octanol–water partition coefficient (Wildman–Crippen LogP) is 1.49. The van der Waals surface area contributed by atoms with Gasteiger partial charge in [-0.15, -0.1) is 10.2 Å². The second-order valence-electron chi connectivity index (χ2n) is 3.30. The van der Waals surface area contributed by atoms with Crippen molar-refractivity contribution in [3.63, 3.8) is 0 Å². The van der Waals surface area contributed by atoms with Crippen LogP contribution in [0.1, 0.15) is 0 Å². The molecule has 2 heterocycles. The van der Waals surface area contributed by atoms with E-state index in [-0.39, 0.29) is 5.75 Å². The third kappa shape index (κ3) is 1.63. The van der Waals surface area contributed by atoms with Crippen molar-refractivity contribution in [2.45, 2.75) is 0 Å². The number of benzene rings is 1. The molecule has 0 radical (unpaired) electrons. The molecule has 0 spiro atoms. The molecular formula is C10H6N4O3. The summed E-state index contributed by atoms with van der Waals surface area (Å²) in [5.74, 6) is 0.940. The normalized spacial score (nSPS) is 10.6. The fourth-order valence-corrected chi connectivity index (χ4v) is 1.47. The zero-order chi connectivity index (χ0) is 11.7. The highest BCUT2D eigenvalue weighted by Gasteiger charge is 2.12. The number of phenols is 1. The quantitative estimate of drug-likeness (QED) is 0.711. The Morgan fingerprint density at radius 1 is 0.941 bits per heavy atom. The van der Waals surface area contributed by atoms with E-state index in [1.807, 2.05) is 0 Å². The number of rotatable bonds is 2. The Bertz CT molecular complexity index is 619. The monoisotopic (exact) mass is 230 g/mol. The fraction of sp³-hybridized carbons (Fsp3) is 0. The summed E-state index contributed by atoms with van der Waals surface area (Å²) in [6, 6.07) is 4.89. The summed E-state index contributed by atoms with van der Waals surface area (Å²) >= 11 is 0. The summed E-state index contributed by atoms with van der Waals surface area (Å²) in [6.45, 7) is 0. The molecule has 2 aromatic heterocycles. The average Bonchev–Trinajstić information content (AvgIpc) is 3.03. The molecule has 0 aliphatic heterocycles. The van der Waals surface area contributed by atoms with Crippen LogP contribution in [0.15, 0.2) is 39.6 Å². The highest BCUT2D eigenvalue weighted by molar-refractivity contribution is 5.72. The number of hydrogen-bond acceptors (Lipinski definition) is 7. The lowest BCUT2D eigenvalue weighted by molar-refractivity contribution is 0.400. The van der Waals surface area contributed by atoms with Crippen molar-refractivity contribution < 1.29 is 14.2 Å². The maximum absolute atomic E-state index is 9.73. The van der Waals surface area contributed by atoms with Crippen LogP contribution in [0, 0.1) is 0 Å². The first-order valence-electron chi connectivity index (χ1n) is 4.73. The number of phenolic OH excluding ortho intramolecular Hbond substituents is 1. The molecule has 17 heavy (non-hydrogen) atoms. The van der Waals surface area contributed by atoms with E-state index in [0.717, 1.165) is 5.56 Å². The summed E-state index contributed by atoms with van der Waals surface area (Å²) in [5, 5.41) is 23.6. The van der Waals surface area contributed by atoms with E-state index in [2.05, 4.69) is 20.7 Å². The van der Waals surface area contributed by atoms with Crippen molar-refractivity contribution in [2.75, 3.05) is 0 Å². The van der Waals surface area contributed by atoms with Gasteiger partial charge in [0.05, 0.1) is 18.0 Å². The van der Waals surface area contributed by atoms with E-state index in [0.29, 0.717) is 17.1 Å². The molecule has 7 nitrogen and oxygen atoms in total. The Kier molecular flexibility index (Phi) is 2.08. The summed E-state index contributed by atoms with van der Waals surface area (Å²) < 4.78 is 9.82. The lowest BCUT2D eigenvalue weighted by atomic mass is 10.1. The number of aromatic nitrogens is 4. The van der Waals surface area contributed by atoms with Gasteiger partial charge in [-0.1, -0.05) is 0 Å². The molecule has 0 aliphatic carbocycles. The minimum Gasteiger partial charge on any atom is -0.507 e. The van der Waals surface area contributed by atoms with Gasteiger partial charge in [0.25, 0.3) is 0 Å². The standard InChI is InChI=1S/C10H6N4O3/c15-8-2-1-6(9-4-11-13-16-9)3-7(8)10-5-12-14-17-10/h1-5,15H. The molecule has 0 saturated heterocycles. The Labute approximate surface area is 94.6 Å².